The van der Waals surface area contributed by atoms with Crippen LogP contribution in [-0.4, -0.2) is 45.1 Å². The fraction of sp³-hybridized carbons (Fsp3) is 0.222. The maximum atomic E-state index is 12.3. The van der Waals surface area contributed by atoms with Crippen molar-refractivity contribution in [3.8, 4) is 11.4 Å². The van der Waals surface area contributed by atoms with Crippen LogP contribution in [0.1, 0.15) is 0 Å². The Morgan fingerprint density at radius 2 is 2.00 bits per heavy atom. The van der Waals surface area contributed by atoms with Crippen molar-refractivity contribution in [1.82, 2.24) is 19.7 Å². The van der Waals surface area contributed by atoms with Gasteiger partial charge in [0, 0.05) is 28.6 Å². The van der Waals surface area contributed by atoms with Crippen LogP contribution in [-0.2, 0) is 16.1 Å². The number of benzene rings is 1. The van der Waals surface area contributed by atoms with Crippen molar-refractivity contribution in [2.24, 2.45) is 0 Å². The summed E-state index contributed by atoms with van der Waals surface area (Å²) in [6.45, 7) is 1.12. The molecule has 1 N–H and O–H groups in total. The molecule has 27 heavy (non-hydrogen) atoms. The van der Waals surface area contributed by atoms with Gasteiger partial charge in [-0.05, 0) is 46.9 Å². The number of nitrogens with one attached hydrogen (secondary N) is 1. The van der Waals surface area contributed by atoms with Gasteiger partial charge in [-0.15, -0.1) is 10.2 Å². The van der Waals surface area contributed by atoms with E-state index in [-0.39, 0.29) is 11.7 Å². The molecule has 140 valence electrons. The number of amides is 1. The van der Waals surface area contributed by atoms with E-state index in [2.05, 4.69) is 43.1 Å². The topological polar surface area (TPSA) is 81.9 Å². The van der Waals surface area contributed by atoms with Crippen molar-refractivity contribution < 1.29 is 9.53 Å². The molecule has 0 bridgehead atoms. The van der Waals surface area contributed by atoms with Crippen LogP contribution in [0.4, 0.5) is 5.69 Å². The fourth-order valence-electron chi connectivity index (χ4n) is 2.37. The molecule has 9 heteroatoms. The molecule has 3 aromatic rings. The van der Waals surface area contributed by atoms with Crippen molar-refractivity contribution in [2.45, 2.75) is 11.7 Å². The Bertz CT molecular complexity index is 904. The number of carbonyl (C=O) groups excluding carboxylic acids is 1. The van der Waals surface area contributed by atoms with Crippen molar-refractivity contribution in [2.75, 3.05) is 24.8 Å². The van der Waals surface area contributed by atoms with E-state index in [1.54, 1.807) is 19.5 Å². The van der Waals surface area contributed by atoms with E-state index in [1.165, 1.54) is 11.8 Å². The summed E-state index contributed by atoms with van der Waals surface area (Å²) < 4.78 is 8.16. The van der Waals surface area contributed by atoms with Crippen molar-refractivity contribution >= 4 is 45.9 Å². The summed E-state index contributed by atoms with van der Waals surface area (Å²) in [6.07, 6.45) is 3.43. The predicted octanol–water partition coefficient (Wildman–Crippen LogP) is 3.32. The summed E-state index contributed by atoms with van der Waals surface area (Å²) in [4.78, 5) is 16.3. The van der Waals surface area contributed by atoms with Crippen LogP contribution in [0.25, 0.3) is 11.4 Å². The average Bonchev–Trinajstić information content (AvgIpc) is 3.10. The van der Waals surface area contributed by atoms with Crippen molar-refractivity contribution in [3.63, 3.8) is 0 Å². The molecule has 1 aromatic carbocycles. The SMILES string of the molecule is COCCn1c(SCC(=O)Nc2ccccc2I)nnc1-c1ccncc1. The number of methoxy groups -OCH3 is 1. The van der Waals surface area contributed by atoms with Crippen molar-refractivity contribution in [3.05, 3.63) is 52.4 Å². The highest BCUT2D eigenvalue weighted by atomic mass is 127. The summed E-state index contributed by atoms with van der Waals surface area (Å²) in [5, 5.41) is 12.2. The number of rotatable bonds is 8. The van der Waals surface area contributed by atoms with Gasteiger partial charge in [0.25, 0.3) is 0 Å². The lowest BCUT2D eigenvalue weighted by Crippen LogP contribution is -2.15. The minimum Gasteiger partial charge on any atom is -0.383 e. The highest BCUT2D eigenvalue weighted by molar-refractivity contribution is 14.1. The lowest BCUT2D eigenvalue weighted by molar-refractivity contribution is -0.113. The number of pyridine rings is 1. The van der Waals surface area contributed by atoms with Gasteiger partial charge in [-0.3, -0.25) is 14.3 Å². The van der Waals surface area contributed by atoms with Gasteiger partial charge >= 0.3 is 0 Å². The Kier molecular flexibility index (Phi) is 7.18. The lowest BCUT2D eigenvalue weighted by atomic mass is 10.2. The second-order valence-electron chi connectivity index (χ2n) is 5.50. The van der Waals surface area contributed by atoms with Gasteiger partial charge in [-0.25, -0.2) is 0 Å². The maximum Gasteiger partial charge on any atom is 0.234 e. The van der Waals surface area contributed by atoms with Gasteiger partial charge in [0.2, 0.25) is 5.91 Å². The zero-order chi connectivity index (χ0) is 19.1. The summed E-state index contributed by atoms with van der Waals surface area (Å²) in [5.41, 5.74) is 1.73. The van der Waals surface area contributed by atoms with E-state index in [0.717, 1.165) is 20.6 Å². The summed E-state index contributed by atoms with van der Waals surface area (Å²) >= 11 is 3.55. The molecule has 0 atom stereocenters. The third-order valence-electron chi connectivity index (χ3n) is 3.65. The monoisotopic (exact) mass is 495 g/mol. The molecule has 0 unspecified atom stereocenters. The van der Waals surface area contributed by atoms with Crippen LogP contribution in [0.15, 0.2) is 53.9 Å². The van der Waals surface area contributed by atoms with Gasteiger partial charge in [0.05, 0.1) is 24.6 Å². The number of thioether (sulfide) groups is 1. The van der Waals surface area contributed by atoms with Crippen LogP contribution in [0, 0.1) is 3.57 Å². The van der Waals surface area contributed by atoms with Gasteiger partial charge in [0.1, 0.15) is 0 Å². The summed E-state index contributed by atoms with van der Waals surface area (Å²) in [5.74, 6) is 0.887. The quantitative estimate of drug-likeness (QED) is 0.382. The molecule has 0 fully saturated rings. The highest BCUT2D eigenvalue weighted by Gasteiger charge is 2.16. The molecule has 1 amide bonds. The maximum absolute atomic E-state index is 12.3. The number of ether oxygens (including phenoxy) is 1. The third kappa shape index (κ3) is 5.27. The number of halogens is 1. The molecular formula is C18H18IN5O2S. The Morgan fingerprint density at radius 1 is 1.22 bits per heavy atom. The smallest absolute Gasteiger partial charge is 0.234 e. The number of nitrogens with zero attached hydrogens (tertiary/aromatic N) is 4. The molecule has 2 aromatic heterocycles. The Balaban J connectivity index is 1.71. The number of anilines is 1. The first-order valence-electron chi connectivity index (χ1n) is 8.18. The van der Waals surface area contributed by atoms with E-state index >= 15 is 0 Å². The van der Waals surface area contributed by atoms with Gasteiger partial charge in [-0.1, -0.05) is 23.9 Å². The summed E-state index contributed by atoms with van der Waals surface area (Å²) in [6, 6.07) is 11.4. The lowest BCUT2D eigenvalue weighted by Gasteiger charge is -2.10. The molecule has 2 heterocycles. The average molecular weight is 495 g/mol. The van der Waals surface area contributed by atoms with Crippen LogP contribution < -0.4 is 5.32 Å². The number of hydrogen-bond acceptors (Lipinski definition) is 6. The van der Waals surface area contributed by atoms with E-state index in [1.807, 2.05) is 41.0 Å². The van der Waals surface area contributed by atoms with Crippen LogP contribution >= 0.6 is 34.4 Å². The minimum atomic E-state index is -0.0872. The Hall–Kier alpha value is -1.98. The number of para-hydroxylation sites is 1. The van der Waals surface area contributed by atoms with Crippen LogP contribution in [0.2, 0.25) is 0 Å². The molecule has 0 aliphatic heterocycles. The predicted molar refractivity (Wildman–Crippen MR) is 114 cm³/mol. The molecule has 0 aliphatic rings. The zero-order valence-electron chi connectivity index (χ0n) is 14.6. The van der Waals surface area contributed by atoms with Crippen LogP contribution in [0.3, 0.4) is 0 Å². The molecule has 0 saturated heterocycles. The van der Waals surface area contributed by atoms with E-state index in [0.29, 0.717) is 18.3 Å². The van der Waals surface area contributed by atoms with E-state index in [4.69, 9.17) is 4.74 Å². The first kappa shape index (κ1) is 19.8. The first-order chi connectivity index (χ1) is 13.2. The molecule has 0 saturated carbocycles. The molecule has 3 rings (SSSR count). The summed E-state index contributed by atoms with van der Waals surface area (Å²) in [7, 11) is 1.65. The van der Waals surface area contributed by atoms with E-state index in [9.17, 15) is 4.79 Å². The largest absolute Gasteiger partial charge is 0.383 e. The first-order valence-corrected chi connectivity index (χ1v) is 10.2. The Labute approximate surface area is 175 Å². The standard InChI is InChI=1S/C18H18IN5O2S/c1-26-11-10-24-17(13-6-8-20-9-7-13)22-23-18(24)27-12-16(25)21-15-5-3-2-4-14(15)19/h2-9H,10-12H2,1H3,(H,21,25). The second kappa shape index (κ2) is 9.81. The minimum absolute atomic E-state index is 0.0872. The van der Waals surface area contributed by atoms with Crippen LogP contribution in [0.5, 0.6) is 0 Å². The third-order valence-corrected chi connectivity index (χ3v) is 5.56. The van der Waals surface area contributed by atoms with Crippen molar-refractivity contribution in [1.29, 1.82) is 0 Å². The highest BCUT2D eigenvalue weighted by Crippen LogP contribution is 2.24. The number of hydrogen-bond donors (Lipinski definition) is 1. The van der Waals surface area contributed by atoms with E-state index < -0.39 is 0 Å². The molecule has 0 spiro atoms. The molecule has 0 aliphatic carbocycles. The zero-order valence-corrected chi connectivity index (χ0v) is 17.6. The fourth-order valence-corrected chi connectivity index (χ4v) is 3.66. The molecule has 0 radical (unpaired) electrons. The Morgan fingerprint density at radius 3 is 2.74 bits per heavy atom. The molecule has 7 nitrogen and oxygen atoms in total. The van der Waals surface area contributed by atoms with Gasteiger partial charge in [-0.2, -0.15) is 0 Å². The molecular weight excluding hydrogens is 477 g/mol. The van der Waals surface area contributed by atoms with Gasteiger partial charge < -0.3 is 10.1 Å². The number of carbonyl (C=O) groups is 1. The number of aromatic nitrogens is 4. The second-order valence-corrected chi connectivity index (χ2v) is 7.61. The normalized spacial score (nSPS) is 10.7. The van der Waals surface area contributed by atoms with Gasteiger partial charge in [0.15, 0.2) is 11.0 Å².